The lowest BCUT2D eigenvalue weighted by Crippen LogP contribution is -2.44. The number of carbonyl (C=O) groups excluding carboxylic acids is 2. The molecule has 142 valence electrons. The van der Waals surface area contributed by atoms with Crippen LogP contribution in [0.3, 0.4) is 0 Å². The molecule has 3 rings (SSSR count). The van der Waals surface area contributed by atoms with Crippen LogP contribution in [0.1, 0.15) is 24.0 Å². The lowest BCUT2D eigenvalue weighted by Gasteiger charge is -2.24. The Morgan fingerprint density at radius 2 is 1.81 bits per heavy atom. The van der Waals surface area contributed by atoms with Gasteiger partial charge in [-0.1, -0.05) is 23.8 Å². The minimum Gasteiger partial charge on any atom is -0.493 e. The quantitative estimate of drug-likeness (QED) is 0.851. The van der Waals surface area contributed by atoms with Crippen LogP contribution >= 0.6 is 0 Å². The molecule has 1 fully saturated rings. The molecule has 0 bridgehead atoms. The van der Waals surface area contributed by atoms with Gasteiger partial charge in [-0.2, -0.15) is 0 Å². The first-order valence-electron chi connectivity index (χ1n) is 8.91. The van der Waals surface area contributed by atoms with Crippen molar-refractivity contribution in [1.82, 2.24) is 5.32 Å². The van der Waals surface area contributed by atoms with Gasteiger partial charge >= 0.3 is 0 Å². The molecule has 1 aliphatic heterocycles. The summed E-state index contributed by atoms with van der Waals surface area (Å²) >= 11 is 0. The Hall–Kier alpha value is -3.02. The molecular formula is C21H24N2O4. The maximum Gasteiger partial charge on any atom is 0.243 e. The first-order valence-corrected chi connectivity index (χ1v) is 8.91. The van der Waals surface area contributed by atoms with Gasteiger partial charge in [0.1, 0.15) is 6.04 Å². The van der Waals surface area contributed by atoms with E-state index in [1.807, 2.05) is 43.3 Å². The second-order valence-corrected chi connectivity index (χ2v) is 6.56. The summed E-state index contributed by atoms with van der Waals surface area (Å²) in [7, 11) is 3.15. The van der Waals surface area contributed by atoms with E-state index in [9.17, 15) is 9.59 Å². The number of carbonyl (C=O) groups is 2. The van der Waals surface area contributed by atoms with Crippen LogP contribution in [0.4, 0.5) is 5.69 Å². The molecule has 0 aromatic heterocycles. The molecule has 1 saturated heterocycles. The average Bonchev–Trinajstić information content (AvgIpc) is 3.08. The largest absolute Gasteiger partial charge is 0.493 e. The van der Waals surface area contributed by atoms with Crippen molar-refractivity contribution in [2.75, 3.05) is 19.1 Å². The number of aryl methyl sites for hydroxylation is 1. The topological polar surface area (TPSA) is 67.9 Å². The van der Waals surface area contributed by atoms with Gasteiger partial charge in [-0.3, -0.25) is 14.5 Å². The maximum atomic E-state index is 12.7. The molecule has 27 heavy (non-hydrogen) atoms. The van der Waals surface area contributed by atoms with Gasteiger partial charge < -0.3 is 14.8 Å². The van der Waals surface area contributed by atoms with Gasteiger partial charge in [0.2, 0.25) is 11.8 Å². The Morgan fingerprint density at radius 3 is 2.48 bits per heavy atom. The lowest BCUT2D eigenvalue weighted by molar-refractivity contribution is -0.124. The molecular weight excluding hydrogens is 344 g/mol. The van der Waals surface area contributed by atoms with Gasteiger partial charge in [0.25, 0.3) is 0 Å². The smallest absolute Gasteiger partial charge is 0.243 e. The zero-order valence-corrected chi connectivity index (χ0v) is 15.8. The summed E-state index contributed by atoms with van der Waals surface area (Å²) in [6.45, 7) is 2.34. The van der Waals surface area contributed by atoms with Crippen LogP contribution in [-0.4, -0.2) is 32.1 Å². The number of benzene rings is 2. The predicted molar refractivity (Wildman–Crippen MR) is 103 cm³/mol. The number of rotatable bonds is 6. The number of methoxy groups -OCH3 is 2. The summed E-state index contributed by atoms with van der Waals surface area (Å²) in [6, 6.07) is 12.7. The van der Waals surface area contributed by atoms with Crippen molar-refractivity contribution in [3.8, 4) is 11.5 Å². The van der Waals surface area contributed by atoms with E-state index in [1.165, 1.54) is 0 Å². The van der Waals surface area contributed by atoms with E-state index >= 15 is 0 Å². The van der Waals surface area contributed by atoms with Crippen LogP contribution < -0.4 is 19.7 Å². The van der Waals surface area contributed by atoms with Crippen LogP contribution in [-0.2, 0) is 16.1 Å². The first kappa shape index (κ1) is 18.8. The van der Waals surface area contributed by atoms with E-state index in [0.717, 1.165) is 16.8 Å². The summed E-state index contributed by atoms with van der Waals surface area (Å²) < 4.78 is 10.5. The van der Waals surface area contributed by atoms with Crippen molar-refractivity contribution in [3.63, 3.8) is 0 Å². The van der Waals surface area contributed by atoms with E-state index in [0.29, 0.717) is 30.9 Å². The maximum absolute atomic E-state index is 12.7. The zero-order chi connectivity index (χ0) is 19.4. The number of nitrogens with zero attached hydrogens (tertiary/aromatic N) is 1. The van der Waals surface area contributed by atoms with Gasteiger partial charge in [0.05, 0.1) is 14.2 Å². The SMILES string of the molecule is COc1ccc(CNC(=O)C2CCC(=O)N2c2ccc(C)cc2)cc1OC. The van der Waals surface area contributed by atoms with Crippen molar-refractivity contribution in [3.05, 3.63) is 53.6 Å². The summed E-state index contributed by atoms with van der Waals surface area (Å²) in [5, 5.41) is 2.93. The fraction of sp³-hybridized carbons (Fsp3) is 0.333. The number of hydrogen-bond acceptors (Lipinski definition) is 4. The van der Waals surface area contributed by atoms with Crippen molar-refractivity contribution < 1.29 is 19.1 Å². The molecule has 0 radical (unpaired) electrons. The highest BCUT2D eigenvalue weighted by molar-refractivity contribution is 6.03. The molecule has 0 aliphatic carbocycles. The van der Waals surface area contributed by atoms with Crippen molar-refractivity contribution >= 4 is 17.5 Å². The second kappa shape index (κ2) is 8.12. The normalized spacial score (nSPS) is 16.3. The molecule has 1 N–H and O–H groups in total. The fourth-order valence-corrected chi connectivity index (χ4v) is 3.26. The summed E-state index contributed by atoms with van der Waals surface area (Å²) in [5.74, 6) is 1.07. The van der Waals surface area contributed by atoms with Crippen molar-refractivity contribution in [2.45, 2.75) is 32.4 Å². The monoisotopic (exact) mass is 368 g/mol. The van der Waals surface area contributed by atoms with Gasteiger partial charge in [0.15, 0.2) is 11.5 Å². The highest BCUT2D eigenvalue weighted by atomic mass is 16.5. The predicted octanol–water partition coefficient (Wildman–Crippen LogP) is 2.82. The number of amides is 2. The van der Waals surface area contributed by atoms with Gasteiger partial charge in [-0.15, -0.1) is 0 Å². The van der Waals surface area contributed by atoms with Crippen molar-refractivity contribution in [1.29, 1.82) is 0 Å². The second-order valence-electron chi connectivity index (χ2n) is 6.56. The first-order chi connectivity index (χ1) is 13.0. The Balaban J connectivity index is 1.70. The third-order valence-electron chi connectivity index (χ3n) is 4.74. The number of anilines is 1. The standard InChI is InChI=1S/C21H24N2O4/c1-14-4-7-16(8-5-14)23-17(9-11-20(23)24)21(25)22-13-15-6-10-18(26-2)19(12-15)27-3/h4-8,10,12,17H,9,11,13H2,1-3H3,(H,22,25). The van der Waals surface area contributed by atoms with Crippen molar-refractivity contribution in [2.24, 2.45) is 0 Å². The molecule has 0 saturated carbocycles. The van der Waals surface area contributed by atoms with Gasteiger partial charge in [-0.25, -0.2) is 0 Å². The third-order valence-corrected chi connectivity index (χ3v) is 4.74. The van der Waals surface area contributed by atoms with E-state index in [4.69, 9.17) is 9.47 Å². The summed E-state index contributed by atoms with van der Waals surface area (Å²) in [6.07, 6.45) is 0.896. The van der Waals surface area contributed by atoms with E-state index < -0.39 is 6.04 Å². The Kier molecular flexibility index (Phi) is 5.64. The fourth-order valence-electron chi connectivity index (χ4n) is 3.26. The van der Waals surface area contributed by atoms with Crippen LogP contribution in [0.25, 0.3) is 0 Å². The molecule has 6 nitrogen and oxygen atoms in total. The van der Waals surface area contributed by atoms with Gasteiger partial charge in [-0.05, 0) is 43.2 Å². The van der Waals surface area contributed by atoms with Crippen LogP contribution in [0.2, 0.25) is 0 Å². The van der Waals surface area contributed by atoms with E-state index in [1.54, 1.807) is 25.2 Å². The van der Waals surface area contributed by atoms with E-state index in [-0.39, 0.29) is 11.8 Å². The summed E-state index contributed by atoms with van der Waals surface area (Å²) in [4.78, 5) is 26.7. The zero-order valence-electron chi connectivity index (χ0n) is 15.8. The average molecular weight is 368 g/mol. The molecule has 0 spiro atoms. The van der Waals surface area contributed by atoms with Crippen LogP contribution in [0.5, 0.6) is 11.5 Å². The van der Waals surface area contributed by atoms with Crippen LogP contribution in [0.15, 0.2) is 42.5 Å². The van der Waals surface area contributed by atoms with E-state index in [2.05, 4.69) is 5.32 Å². The van der Waals surface area contributed by atoms with Crippen LogP contribution in [0, 0.1) is 6.92 Å². The highest BCUT2D eigenvalue weighted by Gasteiger charge is 2.36. The highest BCUT2D eigenvalue weighted by Crippen LogP contribution is 2.29. The molecule has 1 atom stereocenters. The Morgan fingerprint density at radius 1 is 1.11 bits per heavy atom. The Labute approximate surface area is 159 Å². The molecule has 1 heterocycles. The molecule has 2 amide bonds. The lowest BCUT2D eigenvalue weighted by atomic mass is 10.1. The number of hydrogen-bond donors (Lipinski definition) is 1. The molecule has 2 aromatic rings. The summed E-state index contributed by atoms with van der Waals surface area (Å²) in [5.41, 5.74) is 2.77. The number of nitrogens with one attached hydrogen (secondary N) is 1. The van der Waals surface area contributed by atoms with Gasteiger partial charge in [0, 0.05) is 18.7 Å². The molecule has 1 aliphatic rings. The Bertz CT molecular complexity index is 833. The number of ether oxygens (including phenoxy) is 2. The minimum atomic E-state index is -0.486. The third kappa shape index (κ3) is 4.05. The minimum absolute atomic E-state index is 0.0230. The molecule has 1 unspecified atom stereocenters. The molecule has 6 heteroatoms. The molecule has 2 aromatic carbocycles.